The highest BCUT2D eigenvalue weighted by Crippen LogP contribution is 2.42. The first kappa shape index (κ1) is 58.6. The zero-order valence-electron chi connectivity index (χ0n) is 40.0. The van der Waals surface area contributed by atoms with E-state index in [1.165, 1.54) is 32.3 Å². The molecule has 0 amide bonds. The van der Waals surface area contributed by atoms with Crippen LogP contribution in [0.25, 0.3) is 0 Å². The smallest absolute Gasteiger partial charge is 0.388 e. The number of hydrogen-bond donors (Lipinski definition) is 3. The summed E-state index contributed by atoms with van der Waals surface area (Å²) < 4.78 is 69.3. The van der Waals surface area contributed by atoms with Crippen molar-refractivity contribution in [1.82, 2.24) is 0 Å². The molecule has 4 aromatic rings. The summed E-state index contributed by atoms with van der Waals surface area (Å²) >= 11 is 0. The van der Waals surface area contributed by atoms with Crippen LogP contribution in [0.15, 0.2) is 121 Å². The van der Waals surface area contributed by atoms with Crippen LogP contribution in [0, 0.1) is 35.5 Å². The topological polar surface area (TPSA) is 164 Å². The lowest BCUT2D eigenvalue weighted by molar-refractivity contribution is 0.0535. The molecule has 3 unspecified atom stereocenters. The standard InChI is InChI=1S/2C16H24O2P.2C8H11O2P.C2H6O2P/c2*1-12(2)15-10-9-13(3)11-16(15)18-19(17)14-7-5-4-6-8-14;2*1-11(10,7-9)8-5-3-2-4-6-8;1-5(4)2-3/h2*4-8,12-13,15-16H,9-11H2,1-3H3;2*2-6,9H,7H2,1H3;3H,2H2,1H3/q2*+1;;;+1/t2*13-,15+,16-;2*11-;/m1110./s1. The maximum Gasteiger partial charge on any atom is 0.548 e. The molecule has 0 aromatic heterocycles. The van der Waals surface area contributed by atoms with E-state index in [1.807, 2.05) is 97.1 Å². The van der Waals surface area contributed by atoms with E-state index in [0.29, 0.717) is 35.5 Å². The Labute approximate surface area is 393 Å². The predicted octanol–water partition coefficient (Wildman–Crippen LogP) is 12.0. The number of benzene rings is 4. The maximum atomic E-state index is 12.3. The molecule has 0 bridgehead atoms. The van der Waals surface area contributed by atoms with Gasteiger partial charge >= 0.3 is 23.9 Å². The van der Waals surface area contributed by atoms with Gasteiger partial charge in [-0.05, 0) is 108 Å². The Bertz CT molecular complexity index is 1910. The first-order valence-corrected chi connectivity index (χ1v) is 31.5. The highest BCUT2D eigenvalue weighted by Gasteiger charge is 2.39. The largest absolute Gasteiger partial charge is 0.548 e. The van der Waals surface area contributed by atoms with Crippen LogP contribution in [0.2, 0.25) is 0 Å². The van der Waals surface area contributed by atoms with Crippen molar-refractivity contribution in [3.05, 3.63) is 121 Å². The molecule has 6 rings (SSSR count). The third-order valence-electron chi connectivity index (χ3n) is 11.7. The molecule has 10 nitrogen and oxygen atoms in total. The van der Waals surface area contributed by atoms with Crippen molar-refractivity contribution in [3.63, 3.8) is 0 Å². The predicted molar refractivity (Wildman–Crippen MR) is 274 cm³/mol. The van der Waals surface area contributed by atoms with Gasteiger partial charge in [-0.25, -0.2) is 0 Å². The van der Waals surface area contributed by atoms with Gasteiger partial charge in [0, 0.05) is 10.6 Å². The SMILES string of the molecule is CC(C)[C@@H]1CC[C@@H](C)C[C@H]1O[P+](=O)c1ccccc1.CC(C)[C@@H]1CC[C@@H](C)C[C@H]1O[P+](=O)c1ccccc1.C[P+](=O)CO.C[P@@](=O)(CO)c1ccccc1.C[P@](=O)(CO)c1ccccc1. The van der Waals surface area contributed by atoms with E-state index in [-0.39, 0.29) is 31.3 Å². The van der Waals surface area contributed by atoms with Gasteiger partial charge in [0.25, 0.3) is 0 Å². The Hall–Kier alpha value is -2.56. The zero-order chi connectivity index (χ0) is 48.6. The zero-order valence-corrected chi connectivity index (χ0v) is 44.4. The summed E-state index contributed by atoms with van der Waals surface area (Å²) in [5, 5.41) is 28.5. The average molecular weight is 992 g/mol. The Balaban J connectivity index is 0.000000296. The normalized spacial score (nSPS) is 22.8. The molecule has 65 heavy (non-hydrogen) atoms. The van der Waals surface area contributed by atoms with Crippen molar-refractivity contribution in [2.24, 2.45) is 35.5 Å². The van der Waals surface area contributed by atoms with Crippen molar-refractivity contribution in [1.29, 1.82) is 0 Å². The molecule has 358 valence electrons. The molecule has 2 fully saturated rings. The summed E-state index contributed by atoms with van der Waals surface area (Å²) in [4.78, 5) is 0. The minimum absolute atomic E-state index is 0.146. The highest BCUT2D eigenvalue weighted by molar-refractivity contribution is 7.71. The highest BCUT2D eigenvalue weighted by atomic mass is 31.2. The summed E-state index contributed by atoms with van der Waals surface area (Å²) in [7, 11) is -9.67. The van der Waals surface area contributed by atoms with Crippen molar-refractivity contribution < 1.29 is 47.2 Å². The lowest BCUT2D eigenvalue weighted by Crippen LogP contribution is -2.33. The molecule has 0 heterocycles. The second kappa shape index (κ2) is 30.7. The molecule has 2 saturated carbocycles. The van der Waals surface area contributed by atoms with Gasteiger partial charge < -0.3 is 24.4 Å². The number of aliphatic hydroxyl groups is 3. The van der Waals surface area contributed by atoms with Crippen LogP contribution in [-0.4, -0.2) is 66.6 Å². The van der Waals surface area contributed by atoms with Crippen LogP contribution in [0.1, 0.15) is 80.1 Å². The fraction of sp³-hybridized carbons (Fsp3) is 0.520. The third kappa shape index (κ3) is 22.0. The third-order valence-corrected chi connectivity index (χ3v) is 18.3. The van der Waals surface area contributed by atoms with E-state index in [0.717, 1.165) is 34.1 Å². The Morgan fingerprint density at radius 2 is 0.815 bits per heavy atom. The van der Waals surface area contributed by atoms with Gasteiger partial charge in [0.2, 0.25) is 17.0 Å². The van der Waals surface area contributed by atoms with Gasteiger partial charge in [-0.15, -0.1) is 9.05 Å². The number of aliphatic hydroxyl groups excluding tert-OH is 3. The van der Waals surface area contributed by atoms with Crippen LogP contribution in [-0.2, 0) is 31.9 Å². The minimum Gasteiger partial charge on any atom is -0.388 e. The Morgan fingerprint density at radius 3 is 1.06 bits per heavy atom. The second-order valence-corrected chi connectivity index (χ2v) is 28.1. The summed E-state index contributed by atoms with van der Waals surface area (Å²) in [6.07, 6.45) is 6.61. The molecule has 2 aliphatic rings. The van der Waals surface area contributed by atoms with E-state index < -0.39 is 38.1 Å². The molecule has 4 aromatic carbocycles. The van der Waals surface area contributed by atoms with E-state index >= 15 is 0 Å². The molecule has 0 aliphatic heterocycles. The molecular formula is C50H76O10P5+3. The molecular weight excluding hydrogens is 915 g/mol. The summed E-state index contributed by atoms with van der Waals surface area (Å²) in [5.74, 6) is 3.63. The number of rotatable bonds is 13. The Kier molecular flexibility index (Phi) is 27.7. The van der Waals surface area contributed by atoms with Gasteiger partial charge in [-0.2, -0.15) is 0 Å². The summed E-state index contributed by atoms with van der Waals surface area (Å²) in [6.45, 7) is 18.2. The Morgan fingerprint density at radius 1 is 0.538 bits per heavy atom. The molecule has 0 radical (unpaired) electrons. The van der Waals surface area contributed by atoms with Crippen molar-refractivity contribution in [2.75, 3.05) is 39.0 Å². The lowest BCUT2D eigenvalue weighted by Gasteiger charge is -2.33. The van der Waals surface area contributed by atoms with Crippen LogP contribution in [0.4, 0.5) is 0 Å². The van der Waals surface area contributed by atoms with Gasteiger partial charge in [-0.3, -0.25) is 0 Å². The van der Waals surface area contributed by atoms with E-state index in [2.05, 4.69) is 41.5 Å². The summed E-state index contributed by atoms with van der Waals surface area (Å²) in [6, 6.07) is 37.2. The number of hydrogen-bond acceptors (Lipinski definition) is 10. The fourth-order valence-electron chi connectivity index (χ4n) is 7.59. The molecule has 2 aliphatic carbocycles. The van der Waals surface area contributed by atoms with Crippen molar-refractivity contribution in [3.8, 4) is 0 Å². The minimum atomic E-state index is -2.47. The van der Waals surface area contributed by atoms with E-state index in [1.54, 1.807) is 37.6 Å². The molecule has 11 atom stereocenters. The molecule has 0 spiro atoms. The molecule has 0 saturated heterocycles. The van der Waals surface area contributed by atoms with Crippen LogP contribution in [0.5, 0.6) is 0 Å². The van der Waals surface area contributed by atoms with Crippen molar-refractivity contribution >= 4 is 59.4 Å². The van der Waals surface area contributed by atoms with Gasteiger partial charge in [0.05, 0.1) is 12.7 Å². The van der Waals surface area contributed by atoms with E-state index in [4.69, 9.17) is 24.4 Å². The molecule has 15 heteroatoms. The fourth-order valence-corrected chi connectivity index (χ4v) is 11.6. The quantitative estimate of drug-likeness (QED) is 0.110. The van der Waals surface area contributed by atoms with Crippen LogP contribution < -0.4 is 21.2 Å². The summed E-state index contributed by atoms with van der Waals surface area (Å²) in [5.41, 5.74) is 0. The van der Waals surface area contributed by atoms with Gasteiger partial charge in [0.15, 0.2) is 0 Å². The van der Waals surface area contributed by atoms with Crippen LogP contribution >= 0.6 is 38.1 Å². The average Bonchev–Trinajstić information content (AvgIpc) is 3.31. The van der Waals surface area contributed by atoms with Crippen LogP contribution in [0.3, 0.4) is 0 Å². The lowest BCUT2D eigenvalue weighted by atomic mass is 9.75. The first-order chi connectivity index (χ1) is 30.8. The first-order valence-electron chi connectivity index (χ1n) is 22.6. The molecule has 3 N–H and O–H groups in total. The van der Waals surface area contributed by atoms with E-state index in [9.17, 15) is 22.8 Å². The van der Waals surface area contributed by atoms with Gasteiger partial charge in [0.1, 0.15) is 33.2 Å². The maximum absolute atomic E-state index is 12.3. The van der Waals surface area contributed by atoms with Crippen molar-refractivity contribution in [2.45, 2.75) is 92.3 Å². The second-order valence-electron chi connectivity index (χ2n) is 18.1. The van der Waals surface area contributed by atoms with Gasteiger partial charge in [-0.1, -0.05) is 156 Å². The monoisotopic (exact) mass is 991 g/mol.